The van der Waals surface area contributed by atoms with Crippen LogP contribution in [0, 0.1) is 12.8 Å². The Kier molecular flexibility index (Phi) is 1.64. The van der Waals surface area contributed by atoms with E-state index in [-0.39, 0.29) is 11.8 Å². The van der Waals surface area contributed by atoms with Gasteiger partial charge in [0.1, 0.15) is 0 Å². The molecule has 0 aliphatic carbocycles. The maximum atomic E-state index is 9.86. The molecule has 1 radical (unpaired) electrons. The fourth-order valence-corrected chi connectivity index (χ4v) is 0. The summed E-state index contributed by atoms with van der Waals surface area (Å²) in [4.78, 5) is 9.86. The van der Waals surface area contributed by atoms with Crippen LogP contribution in [0.4, 0.5) is 0 Å². The van der Waals surface area contributed by atoms with Crippen LogP contribution in [0.15, 0.2) is 0 Å². The molecule has 0 saturated carbocycles. The number of carbonyl (C=O) groups excluding carboxylic acids is 1. The third kappa shape index (κ3) is 1.76. The second-order valence-corrected chi connectivity index (χ2v) is 1.30. The molecule has 2 N–H and O–H groups in total. The first-order valence-electron chi connectivity index (χ1n) is 1.77. The van der Waals surface area contributed by atoms with Crippen LogP contribution in [0.25, 0.3) is 0 Å². The van der Waals surface area contributed by atoms with Crippen LogP contribution >= 0.6 is 0 Å². The maximum absolute atomic E-state index is 9.86. The van der Waals surface area contributed by atoms with Gasteiger partial charge in [0, 0.05) is 5.92 Å². The highest BCUT2D eigenvalue weighted by Crippen LogP contribution is 1.83. The lowest BCUT2D eigenvalue weighted by Gasteiger charge is -1.90. The molecule has 0 aliphatic rings. The Morgan fingerprint density at radius 3 is 2.17 bits per heavy atom. The fourth-order valence-electron chi connectivity index (χ4n) is 0. The van der Waals surface area contributed by atoms with Gasteiger partial charge in [0.25, 0.3) is 0 Å². The van der Waals surface area contributed by atoms with Crippen molar-refractivity contribution >= 4 is 5.91 Å². The molecule has 0 fully saturated rings. The van der Waals surface area contributed by atoms with Gasteiger partial charge in [-0.15, -0.1) is 0 Å². The van der Waals surface area contributed by atoms with E-state index < -0.39 is 0 Å². The third-order valence-electron chi connectivity index (χ3n) is 0.486. The first kappa shape index (κ1) is 5.47. The third-order valence-corrected chi connectivity index (χ3v) is 0.486. The van der Waals surface area contributed by atoms with Crippen molar-refractivity contribution < 1.29 is 4.79 Å². The summed E-state index contributed by atoms with van der Waals surface area (Å²) >= 11 is 0. The molecule has 0 aromatic heterocycles. The number of amides is 1. The summed E-state index contributed by atoms with van der Waals surface area (Å²) < 4.78 is 0. The molecule has 0 heterocycles. The topological polar surface area (TPSA) is 43.1 Å². The zero-order valence-corrected chi connectivity index (χ0v) is 3.77. The van der Waals surface area contributed by atoms with Crippen molar-refractivity contribution in [1.82, 2.24) is 0 Å². The van der Waals surface area contributed by atoms with Crippen LogP contribution in [-0.4, -0.2) is 5.91 Å². The second kappa shape index (κ2) is 1.80. The normalized spacial score (nSPS) is 9.17. The smallest absolute Gasteiger partial charge is 0.220 e. The molecule has 0 aromatic carbocycles. The van der Waals surface area contributed by atoms with Crippen molar-refractivity contribution in [2.75, 3.05) is 0 Å². The van der Waals surface area contributed by atoms with E-state index in [2.05, 4.69) is 6.92 Å². The first-order chi connectivity index (χ1) is 2.64. The van der Waals surface area contributed by atoms with Crippen LogP contribution in [0.5, 0.6) is 0 Å². The average Bonchev–Trinajstić information content (AvgIpc) is 1.36. The van der Waals surface area contributed by atoms with E-state index in [1.807, 2.05) is 0 Å². The lowest BCUT2D eigenvalue weighted by atomic mass is 10.2. The minimum Gasteiger partial charge on any atom is -0.369 e. The van der Waals surface area contributed by atoms with E-state index in [9.17, 15) is 4.79 Å². The highest BCUT2D eigenvalue weighted by molar-refractivity contribution is 5.76. The summed E-state index contributed by atoms with van der Waals surface area (Å²) in [6, 6.07) is 0. The van der Waals surface area contributed by atoms with Gasteiger partial charge in [0.15, 0.2) is 0 Å². The average molecular weight is 86.1 g/mol. The molecule has 1 atom stereocenters. The molecule has 0 bridgehead atoms. The summed E-state index contributed by atoms with van der Waals surface area (Å²) in [7, 11) is 0. The summed E-state index contributed by atoms with van der Waals surface area (Å²) in [5.41, 5.74) is 4.73. The van der Waals surface area contributed by atoms with Crippen molar-refractivity contribution in [3.63, 3.8) is 0 Å². The van der Waals surface area contributed by atoms with Gasteiger partial charge in [-0.3, -0.25) is 4.79 Å². The molecule has 2 heteroatoms. The monoisotopic (exact) mass is 86.1 g/mol. The number of carbonyl (C=O) groups is 1. The van der Waals surface area contributed by atoms with E-state index >= 15 is 0 Å². The van der Waals surface area contributed by atoms with E-state index in [4.69, 9.17) is 5.73 Å². The summed E-state index contributed by atoms with van der Waals surface area (Å²) in [5.74, 6) is -0.611. The zero-order valence-electron chi connectivity index (χ0n) is 3.77. The second-order valence-electron chi connectivity index (χ2n) is 1.30. The molecular formula is C4H8NO. The molecule has 0 aliphatic heterocycles. The van der Waals surface area contributed by atoms with Gasteiger partial charge in [-0.05, 0) is 6.92 Å². The standard InChI is InChI=1S/C4H8NO/c1-3(2)4(5)6/h3H,1H2,2H3,(H2,5,6). The van der Waals surface area contributed by atoms with Crippen molar-refractivity contribution in [1.29, 1.82) is 0 Å². The molecule has 35 valence electrons. The molecule has 0 aromatic rings. The van der Waals surface area contributed by atoms with Crippen LogP contribution in [-0.2, 0) is 4.79 Å². The minimum atomic E-state index is -0.352. The van der Waals surface area contributed by atoms with Crippen molar-refractivity contribution in [2.45, 2.75) is 6.92 Å². The highest BCUT2D eigenvalue weighted by atomic mass is 16.1. The fraction of sp³-hybridized carbons (Fsp3) is 0.500. The number of nitrogens with two attached hydrogens (primary N) is 1. The zero-order chi connectivity index (χ0) is 5.15. The maximum Gasteiger partial charge on any atom is 0.220 e. The number of primary amides is 1. The Bertz CT molecular complexity index is 58.6. The van der Waals surface area contributed by atoms with Gasteiger partial charge in [0.05, 0.1) is 0 Å². The Labute approximate surface area is 37.3 Å². The molecule has 0 rings (SSSR count). The SMILES string of the molecule is [CH2]C(C)C(N)=O. The predicted molar refractivity (Wildman–Crippen MR) is 23.7 cm³/mol. The first-order valence-corrected chi connectivity index (χ1v) is 1.77. The Morgan fingerprint density at radius 1 is 2.00 bits per heavy atom. The van der Waals surface area contributed by atoms with E-state index in [0.717, 1.165) is 0 Å². The lowest BCUT2D eigenvalue weighted by Crippen LogP contribution is -2.17. The molecule has 6 heavy (non-hydrogen) atoms. The Balaban J connectivity index is 3.26. The van der Waals surface area contributed by atoms with Gasteiger partial charge in [0.2, 0.25) is 5.91 Å². The lowest BCUT2D eigenvalue weighted by molar-refractivity contribution is -0.120. The van der Waals surface area contributed by atoms with E-state index in [0.29, 0.717) is 0 Å². The molecule has 1 unspecified atom stereocenters. The minimum absolute atomic E-state index is 0.259. The molecule has 0 saturated heterocycles. The number of hydrogen-bond donors (Lipinski definition) is 1. The van der Waals surface area contributed by atoms with E-state index in [1.165, 1.54) is 0 Å². The number of hydrogen-bond acceptors (Lipinski definition) is 1. The quantitative estimate of drug-likeness (QED) is 0.477. The van der Waals surface area contributed by atoms with Gasteiger partial charge in [-0.25, -0.2) is 0 Å². The van der Waals surface area contributed by atoms with Gasteiger partial charge in [-0.2, -0.15) is 0 Å². The van der Waals surface area contributed by atoms with Gasteiger partial charge >= 0.3 is 0 Å². The van der Waals surface area contributed by atoms with Crippen molar-refractivity contribution in [3.05, 3.63) is 6.92 Å². The van der Waals surface area contributed by atoms with Crippen molar-refractivity contribution in [3.8, 4) is 0 Å². The molecular weight excluding hydrogens is 78.0 g/mol. The summed E-state index contributed by atoms with van der Waals surface area (Å²) in [6.45, 7) is 5.02. The molecule has 2 nitrogen and oxygen atoms in total. The summed E-state index contributed by atoms with van der Waals surface area (Å²) in [5, 5.41) is 0. The Hall–Kier alpha value is -0.530. The van der Waals surface area contributed by atoms with Crippen LogP contribution in [0.2, 0.25) is 0 Å². The summed E-state index contributed by atoms with van der Waals surface area (Å²) in [6.07, 6.45) is 0. The Morgan fingerprint density at radius 2 is 2.17 bits per heavy atom. The predicted octanol–water partition coefficient (Wildman–Crippen LogP) is -0.0581. The van der Waals surface area contributed by atoms with Crippen molar-refractivity contribution in [2.24, 2.45) is 11.7 Å². The van der Waals surface area contributed by atoms with E-state index in [1.54, 1.807) is 6.92 Å². The van der Waals surface area contributed by atoms with Crippen LogP contribution < -0.4 is 5.73 Å². The highest BCUT2D eigenvalue weighted by Gasteiger charge is 1.96. The molecule has 0 spiro atoms. The largest absolute Gasteiger partial charge is 0.369 e. The number of rotatable bonds is 1. The van der Waals surface area contributed by atoms with Crippen LogP contribution in [0.1, 0.15) is 6.92 Å². The van der Waals surface area contributed by atoms with Crippen LogP contribution in [0.3, 0.4) is 0 Å². The van der Waals surface area contributed by atoms with Gasteiger partial charge in [-0.1, -0.05) is 6.92 Å². The molecule has 1 amide bonds. The van der Waals surface area contributed by atoms with Gasteiger partial charge < -0.3 is 5.73 Å².